The molecule has 0 saturated carbocycles. The Morgan fingerprint density at radius 3 is 2.68 bits per heavy atom. The summed E-state index contributed by atoms with van der Waals surface area (Å²) in [5, 5.41) is 13.1. The average Bonchev–Trinajstić information content (AvgIpc) is 2.53. The normalized spacial score (nSPS) is 16.2. The number of nitrogens with two attached hydrogens (primary N) is 1. The number of benzene rings is 2. The van der Waals surface area contributed by atoms with E-state index in [0.717, 1.165) is 11.3 Å². The number of anilines is 1. The van der Waals surface area contributed by atoms with E-state index in [1.165, 1.54) is 0 Å². The summed E-state index contributed by atoms with van der Waals surface area (Å²) in [6.45, 7) is 1.07. The molecule has 0 aromatic heterocycles. The van der Waals surface area contributed by atoms with Gasteiger partial charge in [0.05, 0.1) is 33.9 Å². The molecular formula is C16H13Cl2N3O. The van der Waals surface area contributed by atoms with Crippen LogP contribution in [0, 0.1) is 11.3 Å². The third-order valence-electron chi connectivity index (χ3n) is 3.52. The Morgan fingerprint density at radius 1 is 1.32 bits per heavy atom. The first-order chi connectivity index (χ1) is 10.6. The topological polar surface area (TPSA) is 71.1 Å². The quantitative estimate of drug-likeness (QED) is 0.879. The number of nitrogens with one attached hydrogen (secondary N) is 1. The lowest BCUT2D eigenvalue weighted by Crippen LogP contribution is -2.37. The summed E-state index contributed by atoms with van der Waals surface area (Å²) >= 11 is 12.6. The summed E-state index contributed by atoms with van der Waals surface area (Å²) in [4.78, 5) is 0. The second kappa shape index (κ2) is 6.05. The monoisotopic (exact) mass is 333 g/mol. The van der Waals surface area contributed by atoms with Gasteiger partial charge in [0, 0.05) is 17.7 Å². The molecule has 22 heavy (non-hydrogen) atoms. The molecule has 0 fully saturated rings. The van der Waals surface area contributed by atoms with Gasteiger partial charge in [-0.15, -0.1) is 0 Å². The van der Waals surface area contributed by atoms with E-state index >= 15 is 0 Å². The number of hydrogen-bond donors (Lipinski definition) is 2. The molecule has 3 rings (SSSR count). The summed E-state index contributed by atoms with van der Waals surface area (Å²) < 4.78 is 5.96. The zero-order valence-electron chi connectivity index (χ0n) is 11.6. The minimum absolute atomic E-state index is 0.107. The molecule has 0 bridgehead atoms. The van der Waals surface area contributed by atoms with Crippen molar-refractivity contribution in [1.29, 1.82) is 5.26 Å². The van der Waals surface area contributed by atoms with Crippen molar-refractivity contribution in [1.82, 2.24) is 0 Å². The maximum Gasteiger partial charge on any atom is 0.150 e. The second-order valence-corrected chi connectivity index (χ2v) is 5.78. The Labute approximate surface area is 138 Å². The number of rotatable bonds is 2. The van der Waals surface area contributed by atoms with Gasteiger partial charge in [-0.05, 0) is 18.2 Å². The van der Waals surface area contributed by atoms with Crippen LogP contribution in [0.1, 0.15) is 5.56 Å². The first-order valence-corrected chi connectivity index (χ1v) is 7.52. The zero-order valence-corrected chi connectivity index (χ0v) is 13.1. The highest BCUT2D eigenvalue weighted by molar-refractivity contribution is 6.39. The highest BCUT2D eigenvalue weighted by atomic mass is 35.5. The van der Waals surface area contributed by atoms with Crippen LogP contribution in [0.25, 0.3) is 11.1 Å². The smallest absolute Gasteiger partial charge is 0.150 e. The van der Waals surface area contributed by atoms with E-state index in [2.05, 4.69) is 5.32 Å². The third kappa shape index (κ3) is 2.59. The zero-order chi connectivity index (χ0) is 15.7. The summed E-state index contributed by atoms with van der Waals surface area (Å²) in [7, 11) is 0. The first kappa shape index (κ1) is 15.0. The van der Waals surface area contributed by atoms with Crippen LogP contribution >= 0.6 is 23.2 Å². The molecule has 0 spiro atoms. The van der Waals surface area contributed by atoms with E-state index in [1.807, 2.05) is 24.3 Å². The minimum Gasteiger partial charge on any atom is -0.484 e. The molecule has 1 heterocycles. The number of para-hydroxylation sites is 1. The Morgan fingerprint density at radius 2 is 2.05 bits per heavy atom. The van der Waals surface area contributed by atoms with Crippen molar-refractivity contribution >= 4 is 28.9 Å². The fraction of sp³-hybridized carbons (Fsp3) is 0.188. The lowest BCUT2D eigenvalue weighted by Gasteiger charge is -2.28. The van der Waals surface area contributed by atoms with E-state index in [0.29, 0.717) is 40.0 Å². The summed E-state index contributed by atoms with van der Waals surface area (Å²) in [5.41, 5.74) is 8.42. The average molecular weight is 334 g/mol. The van der Waals surface area contributed by atoms with E-state index in [9.17, 15) is 0 Å². The Bertz CT molecular complexity index is 747. The van der Waals surface area contributed by atoms with Crippen LogP contribution in [0.4, 0.5) is 5.69 Å². The van der Waals surface area contributed by atoms with Gasteiger partial charge in [-0.2, -0.15) is 5.26 Å². The van der Waals surface area contributed by atoms with Crippen LogP contribution < -0.4 is 15.8 Å². The van der Waals surface area contributed by atoms with Crippen molar-refractivity contribution in [2.75, 3.05) is 18.4 Å². The third-order valence-corrected chi connectivity index (χ3v) is 4.12. The number of nitrogens with zero attached hydrogens (tertiary/aromatic N) is 1. The Kier molecular flexibility index (Phi) is 4.12. The number of halogens is 2. The van der Waals surface area contributed by atoms with Gasteiger partial charge >= 0.3 is 0 Å². The first-order valence-electron chi connectivity index (χ1n) is 6.77. The molecule has 2 aromatic carbocycles. The molecule has 0 saturated heterocycles. The molecule has 6 heteroatoms. The molecule has 1 aliphatic rings. The minimum atomic E-state index is -0.107. The lowest BCUT2D eigenvalue weighted by molar-refractivity contribution is 0.215. The van der Waals surface area contributed by atoms with Crippen molar-refractivity contribution in [2.45, 2.75) is 6.10 Å². The lowest BCUT2D eigenvalue weighted by atomic mass is 10.0. The van der Waals surface area contributed by atoms with E-state index in [1.54, 1.807) is 12.1 Å². The largest absolute Gasteiger partial charge is 0.484 e. The predicted octanol–water partition coefficient (Wildman–Crippen LogP) is 3.66. The molecule has 112 valence electrons. The van der Waals surface area contributed by atoms with Crippen LogP contribution in [0.5, 0.6) is 5.75 Å². The van der Waals surface area contributed by atoms with Gasteiger partial charge in [-0.25, -0.2) is 0 Å². The fourth-order valence-electron chi connectivity index (χ4n) is 2.46. The van der Waals surface area contributed by atoms with Crippen molar-refractivity contribution in [3.63, 3.8) is 0 Å². The van der Waals surface area contributed by atoms with Crippen LogP contribution in [0.15, 0.2) is 30.3 Å². The van der Waals surface area contributed by atoms with Crippen molar-refractivity contribution in [3.8, 4) is 22.9 Å². The fourth-order valence-corrected chi connectivity index (χ4v) is 3.15. The summed E-state index contributed by atoms with van der Waals surface area (Å²) in [6.07, 6.45) is -0.107. The molecule has 1 aliphatic heterocycles. The van der Waals surface area contributed by atoms with Crippen molar-refractivity contribution in [2.24, 2.45) is 5.73 Å². The van der Waals surface area contributed by atoms with Gasteiger partial charge < -0.3 is 15.8 Å². The van der Waals surface area contributed by atoms with Gasteiger partial charge in [0.1, 0.15) is 6.10 Å². The summed E-state index contributed by atoms with van der Waals surface area (Å²) in [5.74, 6) is 0.678. The van der Waals surface area contributed by atoms with E-state index < -0.39 is 0 Å². The SMILES string of the molecule is N#Cc1cc(Cl)c(-c2cccc3c2O[C@H](CN)CN3)c(Cl)c1. The molecule has 0 unspecified atom stereocenters. The number of ether oxygens (including phenoxy) is 1. The number of fused-ring (bicyclic) bond motifs is 1. The molecule has 0 amide bonds. The van der Waals surface area contributed by atoms with Crippen molar-refractivity contribution in [3.05, 3.63) is 45.9 Å². The van der Waals surface area contributed by atoms with Gasteiger partial charge in [-0.1, -0.05) is 35.3 Å². The van der Waals surface area contributed by atoms with Crippen LogP contribution in [-0.2, 0) is 0 Å². The maximum absolute atomic E-state index is 8.99. The highest BCUT2D eigenvalue weighted by Crippen LogP contribution is 2.44. The molecular weight excluding hydrogens is 321 g/mol. The van der Waals surface area contributed by atoms with Gasteiger partial charge in [-0.3, -0.25) is 0 Å². The maximum atomic E-state index is 8.99. The van der Waals surface area contributed by atoms with Crippen LogP contribution in [0.3, 0.4) is 0 Å². The molecule has 1 atom stereocenters. The van der Waals surface area contributed by atoms with Gasteiger partial charge in [0.25, 0.3) is 0 Å². The Balaban J connectivity index is 2.17. The standard InChI is InChI=1S/C16H13Cl2N3O/c17-12-4-9(6-19)5-13(18)15(12)11-2-1-3-14-16(11)22-10(7-20)8-21-14/h1-5,10,21H,7-8,20H2/t10-/m1/s1. The van der Waals surface area contributed by atoms with E-state index in [4.69, 9.17) is 38.9 Å². The van der Waals surface area contributed by atoms with Crippen LogP contribution in [-0.4, -0.2) is 19.2 Å². The van der Waals surface area contributed by atoms with Crippen molar-refractivity contribution < 1.29 is 4.74 Å². The Hall–Kier alpha value is -1.93. The van der Waals surface area contributed by atoms with Gasteiger partial charge in [0.15, 0.2) is 5.75 Å². The second-order valence-electron chi connectivity index (χ2n) is 4.97. The van der Waals surface area contributed by atoms with E-state index in [-0.39, 0.29) is 6.10 Å². The van der Waals surface area contributed by atoms with Crippen LogP contribution in [0.2, 0.25) is 10.0 Å². The van der Waals surface area contributed by atoms with Gasteiger partial charge in [0.2, 0.25) is 0 Å². The molecule has 4 nitrogen and oxygen atoms in total. The number of hydrogen-bond acceptors (Lipinski definition) is 4. The predicted molar refractivity (Wildman–Crippen MR) is 88.6 cm³/mol. The summed E-state index contributed by atoms with van der Waals surface area (Å²) in [6, 6.07) is 10.9. The molecule has 3 N–H and O–H groups in total. The highest BCUT2D eigenvalue weighted by Gasteiger charge is 2.23. The molecule has 2 aromatic rings. The molecule has 0 radical (unpaired) electrons. The number of nitriles is 1. The molecule has 0 aliphatic carbocycles.